The minimum Gasteiger partial charge on any atom is -0.469 e. The Balaban J connectivity index is 2.49. The molecule has 0 amide bonds. The largest absolute Gasteiger partial charge is 0.469 e. The number of methoxy groups -OCH3 is 1. The van der Waals surface area contributed by atoms with Gasteiger partial charge < -0.3 is 14.6 Å². The van der Waals surface area contributed by atoms with Gasteiger partial charge in [0.15, 0.2) is 0 Å². The summed E-state index contributed by atoms with van der Waals surface area (Å²) in [5.41, 5.74) is 1.18. The van der Waals surface area contributed by atoms with Crippen molar-refractivity contribution in [3.8, 4) is 0 Å². The second kappa shape index (κ2) is 5.44. The van der Waals surface area contributed by atoms with Crippen LogP contribution in [0.5, 0.6) is 0 Å². The number of aryl methyl sites for hydroxylation is 1. The molecule has 0 saturated heterocycles. The van der Waals surface area contributed by atoms with Crippen LogP contribution in [0.2, 0.25) is 0 Å². The number of carbonyl (C=O) groups is 1. The number of nitrogens with one attached hydrogen (secondary N) is 1. The van der Waals surface area contributed by atoms with Crippen LogP contribution in [0.15, 0.2) is 18.3 Å². The molecule has 0 saturated carbocycles. The summed E-state index contributed by atoms with van der Waals surface area (Å²) >= 11 is 0. The van der Waals surface area contributed by atoms with Crippen LogP contribution in [-0.2, 0) is 22.6 Å². The number of hydrogen-bond acceptors (Lipinski definition) is 3. The predicted molar refractivity (Wildman–Crippen MR) is 53.8 cm³/mol. The number of aromatic nitrogens is 1. The first-order chi connectivity index (χ1) is 6.77. The minimum atomic E-state index is -0.172. The number of rotatable bonds is 5. The number of hydrogen-bond donors (Lipinski definition) is 1. The fraction of sp³-hybridized carbons (Fsp3) is 0.500. The van der Waals surface area contributed by atoms with E-state index in [-0.39, 0.29) is 5.97 Å². The summed E-state index contributed by atoms with van der Waals surface area (Å²) in [6.45, 7) is 1.49. The lowest BCUT2D eigenvalue weighted by Gasteiger charge is -2.07. The molecule has 0 atom stereocenters. The van der Waals surface area contributed by atoms with Gasteiger partial charge in [0.1, 0.15) is 0 Å². The van der Waals surface area contributed by atoms with Crippen LogP contribution in [0.25, 0.3) is 0 Å². The van der Waals surface area contributed by atoms with Gasteiger partial charge in [-0.3, -0.25) is 4.79 Å². The Hall–Kier alpha value is -1.29. The van der Waals surface area contributed by atoms with Gasteiger partial charge >= 0.3 is 5.97 Å². The second-order valence-electron chi connectivity index (χ2n) is 3.05. The van der Waals surface area contributed by atoms with E-state index in [1.165, 1.54) is 12.8 Å². The summed E-state index contributed by atoms with van der Waals surface area (Å²) in [5, 5.41) is 3.08. The fourth-order valence-corrected chi connectivity index (χ4v) is 1.32. The molecule has 78 valence electrons. The third kappa shape index (κ3) is 2.88. The average Bonchev–Trinajstić information content (AvgIpc) is 2.62. The minimum absolute atomic E-state index is 0.172. The molecule has 1 aromatic rings. The van der Waals surface area contributed by atoms with E-state index in [2.05, 4.69) is 10.1 Å². The van der Waals surface area contributed by atoms with E-state index in [1.54, 1.807) is 0 Å². The van der Waals surface area contributed by atoms with Gasteiger partial charge in [-0.05, 0) is 19.2 Å². The topological polar surface area (TPSA) is 43.3 Å². The average molecular weight is 196 g/mol. The quantitative estimate of drug-likeness (QED) is 0.707. The van der Waals surface area contributed by atoms with E-state index >= 15 is 0 Å². The van der Waals surface area contributed by atoms with E-state index in [0.29, 0.717) is 13.0 Å². The molecular weight excluding hydrogens is 180 g/mol. The Labute approximate surface area is 83.9 Å². The molecule has 0 spiro atoms. The van der Waals surface area contributed by atoms with E-state index in [1.807, 2.05) is 29.9 Å². The zero-order valence-electron chi connectivity index (χ0n) is 8.62. The molecule has 0 aliphatic heterocycles. The van der Waals surface area contributed by atoms with Crippen molar-refractivity contribution >= 4 is 5.97 Å². The highest BCUT2D eigenvalue weighted by Gasteiger charge is 2.03. The maximum atomic E-state index is 10.9. The van der Waals surface area contributed by atoms with Crippen molar-refractivity contribution in [2.75, 3.05) is 14.2 Å². The molecule has 0 fully saturated rings. The third-order valence-corrected chi connectivity index (χ3v) is 2.07. The summed E-state index contributed by atoms with van der Waals surface area (Å²) in [7, 11) is 3.31. The maximum absolute atomic E-state index is 10.9. The van der Waals surface area contributed by atoms with Crippen molar-refractivity contribution in [3.05, 3.63) is 24.0 Å². The first-order valence-electron chi connectivity index (χ1n) is 4.63. The molecule has 4 heteroatoms. The zero-order valence-corrected chi connectivity index (χ0v) is 8.62. The lowest BCUT2D eigenvalue weighted by molar-refractivity contribution is -0.140. The SMILES string of the molecule is CNCc1cccn1CCC(=O)OC. The lowest BCUT2D eigenvalue weighted by atomic mass is 10.4. The molecule has 0 radical (unpaired) electrons. The van der Waals surface area contributed by atoms with Crippen molar-refractivity contribution in [2.45, 2.75) is 19.5 Å². The van der Waals surface area contributed by atoms with Crippen LogP contribution < -0.4 is 5.32 Å². The van der Waals surface area contributed by atoms with Crippen LogP contribution in [0, 0.1) is 0 Å². The second-order valence-corrected chi connectivity index (χ2v) is 3.05. The normalized spacial score (nSPS) is 10.1. The van der Waals surface area contributed by atoms with Gasteiger partial charge in [0.25, 0.3) is 0 Å². The molecular formula is C10H16N2O2. The number of ether oxygens (including phenoxy) is 1. The molecule has 0 aliphatic rings. The van der Waals surface area contributed by atoms with E-state index in [4.69, 9.17) is 0 Å². The summed E-state index contributed by atoms with van der Waals surface area (Å²) < 4.78 is 6.63. The van der Waals surface area contributed by atoms with Crippen LogP contribution in [0.1, 0.15) is 12.1 Å². The Kier molecular flexibility index (Phi) is 4.19. The Bertz CT molecular complexity index is 294. The molecule has 14 heavy (non-hydrogen) atoms. The Morgan fingerprint density at radius 3 is 3.07 bits per heavy atom. The Morgan fingerprint density at radius 2 is 2.43 bits per heavy atom. The Morgan fingerprint density at radius 1 is 1.64 bits per heavy atom. The molecule has 1 rings (SSSR count). The predicted octanol–water partition coefficient (Wildman–Crippen LogP) is 0.771. The standard InChI is InChI=1S/C10H16N2O2/c1-11-8-9-4-3-6-12(9)7-5-10(13)14-2/h3-4,6,11H,5,7-8H2,1-2H3. The maximum Gasteiger partial charge on any atom is 0.307 e. The highest BCUT2D eigenvalue weighted by atomic mass is 16.5. The molecule has 0 aliphatic carbocycles. The fourth-order valence-electron chi connectivity index (χ4n) is 1.32. The van der Waals surface area contributed by atoms with Crippen LogP contribution >= 0.6 is 0 Å². The van der Waals surface area contributed by atoms with Crippen molar-refractivity contribution in [3.63, 3.8) is 0 Å². The molecule has 1 aromatic heterocycles. The van der Waals surface area contributed by atoms with Crippen LogP contribution in [0.4, 0.5) is 0 Å². The smallest absolute Gasteiger partial charge is 0.307 e. The van der Waals surface area contributed by atoms with Crippen LogP contribution in [-0.4, -0.2) is 24.7 Å². The molecule has 1 heterocycles. The zero-order chi connectivity index (χ0) is 10.4. The van der Waals surface area contributed by atoms with E-state index in [9.17, 15) is 4.79 Å². The molecule has 1 N–H and O–H groups in total. The number of carbonyl (C=O) groups excluding carboxylic acids is 1. The van der Waals surface area contributed by atoms with Gasteiger partial charge in [0.2, 0.25) is 0 Å². The van der Waals surface area contributed by atoms with E-state index < -0.39 is 0 Å². The van der Waals surface area contributed by atoms with Crippen molar-refractivity contribution in [1.29, 1.82) is 0 Å². The monoisotopic (exact) mass is 196 g/mol. The molecule has 0 aromatic carbocycles. The van der Waals surface area contributed by atoms with Gasteiger partial charge in [-0.15, -0.1) is 0 Å². The summed E-state index contributed by atoms with van der Waals surface area (Å²) in [5.74, 6) is -0.172. The first kappa shape index (κ1) is 10.8. The van der Waals surface area contributed by atoms with Gasteiger partial charge in [-0.1, -0.05) is 0 Å². The summed E-state index contributed by atoms with van der Waals surface area (Å²) in [4.78, 5) is 10.9. The lowest BCUT2D eigenvalue weighted by Crippen LogP contribution is -2.13. The van der Waals surface area contributed by atoms with Gasteiger partial charge in [-0.25, -0.2) is 0 Å². The molecule has 0 bridgehead atoms. The third-order valence-electron chi connectivity index (χ3n) is 2.07. The molecule has 4 nitrogen and oxygen atoms in total. The van der Waals surface area contributed by atoms with Gasteiger partial charge in [-0.2, -0.15) is 0 Å². The van der Waals surface area contributed by atoms with Crippen molar-refractivity contribution in [2.24, 2.45) is 0 Å². The first-order valence-corrected chi connectivity index (χ1v) is 4.63. The van der Waals surface area contributed by atoms with Gasteiger partial charge in [0, 0.05) is 25.0 Å². The molecule has 0 unspecified atom stereocenters. The van der Waals surface area contributed by atoms with Crippen LogP contribution in [0.3, 0.4) is 0 Å². The van der Waals surface area contributed by atoms with E-state index in [0.717, 1.165) is 6.54 Å². The number of nitrogens with zero attached hydrogens (tertiary/aromatic N) is 1. The van der Waals surface area contributed by atoms with Crippen molar-refractivity contribution in [1.82, 2.24) is 9.88 Å². The van der Waals surface area contributed by atoms with Gasteiger partial charge in [0.05, 0.1) is 13.5 Å². The summed E-state index contributed by atoms with van der Waals surface area (Å²) in [6, 6.07) is 4.01. The highest BCUT2D eigenvalue weighted by Crippen LogP contribution is 2.03. The van der Waals surface area contributed by atoms with Crippen molar-refractivity contribution < 1.29 is 9.53 Å². The summed E-state index contributed by atoms with van der Waals surface area (Å²) in [6.07, 6.45) is 2.39. The highest BCUT2D eigenvalue weighted by molar-refractivity contribution is 5.68. The number of esters is 1.